The summed E-state index contributed by atoms with van der Waals surface area (Å²) in [7, 11) is 2.98. The fourth-order valence-corrected chi connectivity index (χ4v) is 3.34. The van der Waals surface area contributed by atoms with Gasteiger partial charge in [-0.3, -0.25) is 0 Å². The van der Waals surface area contributed by atoms with E-state index in [4.69, 9.17) is 25.8 Å². The summed E-state index contributed by atoms with van der Waals surface area (Å²) in [6.45, 7) is 0.231. The van der Waals surface area contributed by atoms with Gasteiger partial charge in [-0.05, 0) is 18.2 Å². The average Bonchev–Trinajstić information content (AvgIpc) is 3.32. The molecule has 2 heterocycles. The molecule has 2 aromatic carbocycles. The molecule has 154 valence electrons. The summed E-state index contributed by atoms with van der Waals surface area (Å²) in [5.74, 6) is 0.389. The first-order valence-electron chi connectivity index (χ1n) is 8.74. The van der Waals surface area contributed by atoms with Crippen LogP contribution in [0.15, 0.2) is 53.3 Å². The van der Waals surface area contributed by atoms with Crippen molar-refractivity contribution in [3.8, 4) is 28.7 Å². The maximum absolute atomic E-state index is 12.5. The molecule has 0 saturated carbocycles. The smallest absolute Gasteiger partial charge is 0.353 e. The van der Waals surface area contributed by atoms with Gasteiger partial charge in [0.2, 0.25) is 0 Å². The van der Waals surface area contributed by atoms with Crippen molar-refractivity contribution >= 4 is 23.1 Å². The number of hydrogen-bond donors (Lipinski definition) is 0. The third kappa shape index (κ3) is 4.00. The Balaban J connectivity index is 1.55. The zero-order chi connectivity index (χ0) is 21.1. The Morgan fingerprint density at radius 2 is 1.90 bits per heavy atom. The van der Waals surface area contributed by atoms with Crippen molar-refractivity contribution in [2.75, 3.05) is 7.11 Å². The third-order valence-corrected chi connectivity index (χ3v) is 5.03. The molecule has 0 aliphatic heterocycles. The van der Waals surface area contributed by atoms with Gasteiger partial charge in [0.15, 0.2) is 5.75 Å². The second-order valence-corrected chi connectivity index (χ2v) is 7.14. The van der Waals surface area contributed by atoms with E-state index >= 15 is 0 Å². The molecular weight excluding hydrogens is 430 g/mol. The maximum Gasteiger partial charge on any atom is 0.353 e. The molecule has 0 atom stereocenters. The third-order valence-electron chi connectivity index (χ3n) is 4.08. The van der Waals surface area contributed by atoms with Crippen molar-refractivity contribution in [3.63, 3.8) is 0 Å². The summed E-state index contributed by atoms with van der Waals surface area (Å²) in [5.41, 5.74) is 0.912. The predicted octanol–water partition coefficient (Wildman–Crippen LogP) is 3.46. The Labute approximate surface area is 180 Å². The van der Waals surface area contributed by atoms with Gasteiger partial charge in [0, 0.05) is 29.2 Å². The van der Waals surface area contributed by atoms with Crippen LogP contribution in [0.25, 0.3) is 5.69 Å². The van der Waals surface area contributed by atoms with E-state index in [0.29, 0.717) is 16.5 Å². The highest BCUT2D eigenvalue weighted by atomic mass is 35.5. The van der Waals surface area contributed by atoms with Gasteiger partial charge in [-0.15, -0.1) is 14.5 Å². The van der Waals surface area contributed by atoms with Gasteiger partial charge in [0.25, 0.3) is 0 Å². The molecule has 9 nitrogen and oxygen atoms in total. The zero-order valence-electron chi connectivity index (χ0n) is 16.0. The largest absolute Gasteiger partial charge is 0.467 e. The van der Waals surface area contributed by atoms with Crippen LogP contribution in [-0.2, 0) is 13.7 Å². The SMILES string of the molecule is COc1nn(C)c(=O)n1-c1ccccc1Oc1nc(OCc2ccccc2Cl)ns1. The van der Waals surface area contributed by atoms with Crippen LogP contribution >= 0.6 is 23.1 Å². The minimum Gasteiger partial charge on any atom is -0.467 e. The topological polar surface area (TPSA) is 93.3 Å². The molecule has 0 bridgehead atoms. The molecule has 0 radical (unpaired) electrons. The van der Waals surface area contributed by atoms with Crippen LogP contribution in [0.4, 0.5) is 0 Å². The molecule has 11 heteroatoms. The molecule has 0 amide bonds. The van der Waals surface area contributed by atoms with E-state index in [0.717, 1.165) is 17.1 Å². The van der Waals surface area contributed by atoms with E-state index in [1.54, 1.807) is 30.3 Å². The second kappa shape index (κ2) is 8.56. The van der Waals surface area contributed by atoms with E-state index < -0.39 is 0 Å². The van der Waals surface area contributed by atoms with Gasteiger partial charge in [0.1, 0.15) is 6.61 Å². The van der Waals surface area contributed by atoms with Gasteiger partial charge in [-0.25, -0.2) is 14.0 Å². The predicted molar refractivity (Wildman–Crippen MR) is 111 cm³/mol. The van der Waals surface area contributed by atoms with Crippen LogP contribution in [0.2, 0.25) is 5.02 Å². The number of benzene rings is 2. The summed E-state index contributed by atoms with van der Waals surface area (Å²) >= 11 is 7.16. The maximum atomic E-state index is 12.5. The Hall–Kier alpha value is -3.37. The van der Waals surface area contributed by atoms with Crippen LogP contribution in [0.1, 0.15) is 5.56 Å². The lowest BCUT2D eigenvalue weighted by atomic mass is 10.2. The number of aryl methyl sites for hydroxylation is 1. The fraction of sp³-hybridized carbons (Fsp3) is 0.158. The number of nitrogens with zero attached hydrogens (tertiary/aromatic N) is 5. The lowest BCUT2D eigenvalue weighted by Crippen LogP contribution is -2.22. The lowest BCUT2D eigenvalue weighted by Gasteiger charge is -2.09. The number of rotatable bonds is 7. The van der Waals surface area contributed by atoms with Crippen molar-refractivity contribution in [2.24, 2.45) is 7.05 Å². The molecule has 0 aliphatic carbocycles. The van der Waals surface area contributed by atoms with E-state index in [-0.39, 0.29) is 29.5 Å². The normalized spacial score (nSPS) is 10.8. The molecule has 0 aliphatic rings. The first-order chi connectivity index (χ1) is 14.6. The van der Waals surface area contributed by atoms with E-state index in [9.17, 15) is 4.79 Å². The molecular formula is C19H16ClN5O4S. The number of ether oxygens (including phenoxy) is 3. The summed E-state index contributed by atoms with van der Waals surface area (Å²) in [5, 5.41) is 4.91. The number of methoxy groups -OCH3 is 1. The van der Waals surface area contributed by atoms with Gasteiger partial charge in [-0.2, -0.15) is 0 Å². The summed E-state index contributed by atoms with van der Waals surface area (Å²) in [4.78, 5) is 16.7. The first-order valence-corrected chi connectivity index (χ1v) is 9.89. The summed E-state index contributed by atoms with van der Waals surface area (Å²) in [6, 6.07) is 14.7. The number of halogens is 1. The van der Waals surface area contributed by atoms with Crippen molar-refractivity contribution in [1.82, 2.24) is 23.7 Å². The molecule has 0 spiro atoms. The minimum absolute atomic E-state index is 0.138. The van der Waals surface area contributed by atoms with Crippen molar-refractivity contribution in [3.05, 3.63) is 69.6 Å². The van der Waals surface area contributed by atoms with Crippen LogP contribution < -0.4 is 19.9 Å². The molecule has 0 unspecified atom stereocenters. The second-order valence-electron chi connectivity index (χ2n) is 6.02. The fourth-order valence-electron chi connectivity index (χ4n) is 2.66. The van der Waals surface area contributed by atoms with E-state index in [1.807, 2.05) is 18.2 Å². The Morgan fingerprint density at radius 3 is 2.70 bits per heavy atom. The van der Waals surface area contributed by atoms with Crippen LogP contribution in [-0.4, -0.2) is 30.8 Å². The molecule has 0 N–H and O–H groups in total. The highest BCUT2D eigenvalue weighted by molar-refractivity contribution is 7.07. The Bertz CT molecular complexity index is 1240. The lowest BCUT2D eigenvalue weighted by molar-refractivity contribution is 0.282. The standard InChI is InChI=1S/C19H16ClN5O4S/c1-24-19(26)25(17(22-24)27-2)14-9-5-6-10-15(14)29-18-21-16(23-30-18)28-11-12-7-3-4-8-13(12)20/h3-10H,11H2,1-2H3. The average molecular weight is 446 g/mol. The summed E-state index contributed by atoms with van der Waals surface area (Å²) in [6.07, 6.45) is 0. The van der Waals surface area contributed by atoms with Crippen molar-refractivity contribution < 1.29 is 14.2 Å². The van der Waals surface area contributed by atoms with E-state index in [1.165, 1.54) is 23.4 Å². The van der Waals surface area contributed by atoms with Gasteiger partial charge in [-0.1, -0.05) is 41.9 Å². The quantitative estimate of drug-likeness (QED) is 0.430. The number of para-hydroxylation sites is 2. The van der Waals surface area contributed by atoms with Crippen LogP contribution in [0.5, 0.6) is 23.0 Å². The van der Waals surface area contributed by atoms with Gasteiger partial charge in [0.05, 0.1) is 12.8 Å². The zero-order valence-corrected chi connectivity index (χ0v) is 17.6. The molecule has 4 rings (SSSR count). The molecule has 30 heavy (non-hydrogen) atoms. The highest BCUT2D eigenvalue weighted by Crippen LogP contribution is 2.31. The first kappa shape index (κ1) is 19.9. The monoisotopic (exact) mass is 445 g/mol. The molecule has 0 saturated heterocycles. The van der Waals surface area contributed by atoms with Crippen molar-refractivity contribution in [2.45, 2.75) is 6.61 Å². The van der Waals surface area contributed by atoms with Gasteiger partial charge < -0.3 is 14.2 Å². The van der Waals surface area contributed by atoms with Crippen LogP contribution in [0.3, 0.4) is 0 Å². The highest BCUT2D eigenvalue weighted by Gasteiger charge is 2.18. The van der Waals surface area contributed by atoms with Gasteiger partial charge >= 0.3 is 22.9 Å². The minimum atomic E-state index is -0.371. The van der Waals surface area contributed by atoms with E-state index in [2.05, 4.69) is 14.5 Å². The summed E-state index contributed by atoms with van der Waals surface area (Å²) < 4.78 is 23.3. The molecule has 4 aromatic rings. The number of hydrogen-bond acceptors (Lipinski definition) is 8. The van der Waals surface area contributed by atoms with Crippen molar-refractivity contribution in [1.29, 1.82) is 0 Å². The Kier molecular flexibility index (Phi) is 5.68. The molecule has 0 fully saturated rings. The number of aromatic nitrogens is 5. The molecule has 2 aromatic heterocycles. The van der Waals surface area contributed by atoms with Crippen LogP contribution in [0, 0.1) is 0 Å². The Morgan fingerprint density at radius 1 is 1.13 bits per heavy atom.